The molecule has 1 aliphatic heterocycles. The van der Waals surface area contributed by atoms with Gasteiger partial charge in [0.25, 0.3) is 0 Å². The number of nitrogens with zero attached hydrogens (tertiary/aromatic N) is 2. The number of halogens is 1. The third-order valence-corrected chi connectivity index (χ3v) is 3.21. The molecule has 0 bridgehead atoms. The molecule has 0 radical (unpaired) electrons. The number of hydrogen-bond donors (Lipinski definition) is 1. The Kier molecular flexibility index (Phi) is 2.53. The van der Waals surface area contributed by atoms with Crippen molar-refractivity contribution in [1.29, 1.82) is 0 Å². The fourth-order valence-electron chi connectivity index (χ4n) is 2.07. The van der Waals surface area contributed by atoms with Crippen LogP contribution >= 0.6 is 11.6 Å². The van der Waals surface area contributed by atoms with E-state index < -0.39 is 6.10 Å². The zero-order valence-corrected chi connectivity index (χ0v) is 9.71. The molecular formula is C12H11ClN2O2. The Balaban J connectivity index is 2.00. The Morgan fingerprint density at radius 1 is 1.47 bits per heavy atom. The van der Waals surface area contributed by atoms with Gasteiger partial charge in [0.2, 0.25) is 0 Å². The smallest absolute Gasteiger partial charge is 0.125 e. The highest BCUT2D eigenvalue weighted by molar-refractivity contribution is 6.30. The molecule has 0 amide bonds. The van der Waals surface area contributed by atoms with Crippen LogP contribution in [0.5, 0.6) is 5.75 Å². The molecule has 2 unspecified atom stereocenters. The Morgan fingerprint density at radius 3 is 3.12 bits per heavy atom. The average Bonchev–Trinajstić information content (AvgIpc) is 2.84. The van der Waals surface area contributed by atoms with Crippen molar-refractivity contribution >= 4 is 11.6 Å². The highest BCUT2D eigenvalue weighted by Crippen LogP contribution is 2.38. The van der Waals surface area contributed by atoms with Crippen molar-refractivity contribution in [1.82, 2.24) is 9.55 Å². The lowest BCUT2D eigenvalue weighted by molar-refractivity contribution is 0.0569. The van der Waals surface area contributed by atoms with Crippen LogP contribution in [-0.4, -0.2) is 21.3 Å². The van der Waals surface area contributed by atoms with Gasteiger partial charge in [0, 0.05) is 23.0 Å². The maximum atomic E-state index is 10.3. The largest absolute Gasteiger partial charge is 0.491 e. The van der Waals surface area contributed by atoms with Crippen LogP contribution in [0.1, 0.15) is 17.7 Å². The highest BCUT2D eigenvalue weighted by Gasteiger charge is 2.30. The van der Waals surface area contributed by atoms with Crippen molar-refractivity contribution < 1.29 is 9.84 Å². The van der Waals surface area contributed by atoms with Crippen molar-refractivity contribution in [3.8, 4) is 5.75 Å². The second-order valence-electron chi connectivity index (χ2n) is 4.02. The first-order chi connectivity index (χ1) is 8.25. The van der Waals surface area contributed by atoms with Crippen molar-refractivity contribution in [2.75, 3.05) is 6.61 Å². The predicted octanol–water partition coefficient (Wildman–Crippen LogP) is 2.20. The fourth-order valence-corrected chi connectivity index (χ4v) is 2.25. The van der Waals surface area contributed by atoms with Gasteiger partial charge in [0.15, 0.2) is 0 Å². The Morgan fingerprint density at radius 2 is 2.35 bits per heavy atom. The predicted molar refractivity (Wildman–Crippen MR) is 63.2 cm³/mol. The molecule has 88 valence electrons. The highest BCUT2D eigenvalue weighted by atomic mass is 35.5. The summed E-state index contributed by atoms with van der Waals surface area (Å²) in [6.45, 7) is 0.423. The quantitative estimate of drug-likeness (QED) is 0.844. The Bertz CT molecular complexity index is 527. The monoisotopic (exact) mass is 250 g/mol. The normalized spacial score (nSPS) is 22.9. The van der Waals surface area contributed by atoms with Gasteiger partial charge in [0.1, 0.15) is 18.5 Å². The van der Waals surface area contributed by atoms with E-state index in [2.05, 4.69) is 4.98 Å². The summed E-state index contributed by atoms with van der Waals surface area (Å²) in [6, 6.07) is 5.11. The summed E-state index contributed by atoms with van der Waals surface area (Å²) in [5.41, 5.74) is 0.724. The Hall–Kier alpha value is -1.52. The number of imidazole rings is 1. The first kappa shape index (κ1) is 10.6. The second-order valence-corrected chi connectivity index (χ2v) is 4.45. The molecule has 0 saturated heterocycles. The van der Waals surface area contributed by atoms with E-state index >= 15 is 0 Å². The SMILES string of the molecule is OC1c2cc(Cl)ccc2OCC1n1ccnc1. The number of hydrogen-bond acceptors (Lipinski definition) is 3. The topological polar surface area (TPSA) is 47.3 Å². The molecule has 1 aromatic heterocycles. The minimum atomic E-state index is -0.633. The van der Waals surface area contributed by atoms with Gasteiger partial charge in [-0.1, -0.05) is 11.6 Å². The van der Waals surface area contributed by atoms with Gasteiger partial charge in [-0.15, -0.1) is 0 Å². The third kappa shape index (κ3) is 1.79. The molecule has 2 heterocycles. The molecule has 2 aromatic rings. The second kappa shape index (κ2) is 4.05. The lowest BCUT2D eigenvalue weighted by Crippen LogP contribution is -2.28. The van der Waals surface area contributed by atoms with Crippen molar-refractivity contribution in [2.45, 2.75) is 12.1 Å². The van der Waals surface area contributed by atoms with Crippen LogP contribution in [0.25, 0.3) is 0 Å². The van der Waals surface area contributed by atoms with Crippen LogP contribution < -0.4 is 4.74 Å². The maximum absolute atomic E-state index is 10.3. The van der Waals surface area contributed by atoms with E-state index in [9.17, 15) is 5.11 Å². The standard InChI is InChI=1S/C12H11ClN2O2/c13-8-1-2-11-9(5-8)12(16)10(6-17-11)15-4-3-14-7-15/h1-5,7,10,12,16H,6H2. The molecule has 0 fully saturated rings. The molecule has 1 N–H and O–H groups in total. The maximum Gasteiger partial charge on any atom is 0.125 e. The first-order valence-corrected chi connectivity index (χ1v) is 5.71. The van der Waals surface area contributed by atoms with Crippen LogP contribution in [0, 0.1) is 0 Å². The summed E-state index contributed by atoms with van der Waals surface area (Å²) in [5.74, 6) is 0.693. The van der Waals surface area contributed by atoms with E-state index in [0.717, 1.165) is 5.56 Å². The molecule has 3 rings (SSSR count). The number of aromatic nitrogens is 2. The number of ether oxygens (including phenoxy) is 1. The van der Waals surface area contributed by atoms with E-state index in [0.29, 0.717) is 17.4 Å². The Labute approximate surface area is 103 Å². The summed E-state index contributed by atoms with van der Waals surface area (Å²) >= 11 is 5.93. The molecule has 5 heteroatoms. The molecule has 17 heavy (non-hydrogen) atoms. The minimum Gasteiger partial charge on any atom is -0.491 e. The van der Waals surface area contributed by atoms with Crippen LogP contribution in [0.3, 0.4) is 0 Å². The number of fused-ring (bicyclic) bond motifs is 1. The zero-order chi connectivity index (χ0) is 11.8. The average molecular weight is 251 g/mol. The van der Waals surface area contributed by atoms with Gasteiger partial charge in [-0.25, -0.2) is 4.98 Å². The number of aliphatic hydroxyl groups is 1. The van der Waals surface area contributed by atoms with Crippen molar-refractivity contribution in [3.63, 3.8) is 0 Å². The van der Waals surface area contributed by atoms with Crippen molar-refractivity contribution in [2.24, 2.45) is 0 Å². The fraction of sp³-hybridized carbons (Fsp3) is 0.250. The van der Waals surface area contributed by atoms with Gasteiger partial charge < -0.3 is 14.4 Å². The zero-order valence-electron chi connectivity index (χ0n) is 8.95. The van der Waals surface area contributed by atoms with E-state index in [1.54, 1.807) is 30.7 Å². The molecular weight excluding hydrogens is 240 g/mol. The van der Waals surface area contributed by atoms with E-state index in [4.69, 9.17) is 16.3 Å². The number of aliphatic hydroxyl groups excluding tert-OH is 1. The van der Waals surface area contributed by atoms with Crippen LogP contribution in [-0.2, 0) is 0 Å². The third-order valence-electron chi connectivity index (χ3n) is 2.97. The molecule has 0 spiro atoms. The molecule has 0 saturated carbocycles. The molecule has 2 atom stereocenters. The molecule has 0 aliphatic carbocycles. The lowest BCUT2D eigenvalue weighted by atomic mass is 9.99. The number of benzene rings is 1. The number of rotatable bonds is 1. The van der Waals surface area contributed by atoms with Crippen LogP contribution in [0.4, 0.5) is 0 Å². The van der Waals surface area contributed by atoms with Crippen LogP contribution in [0.2, 0.25) is 5.02 Å². The van der Waals surface area contributed by atoms with Crippen LogP contribution in [0.15, 0.2) is 36.9 Å². The molecule has 1 aromatic carbocycles. The van der Waals surface area contributed by atoms with E-state index in [1.807, 2.05) is 10.8 Å². The molecule has 1 aliphatic rings. The van der Waals surface area contributed by atoms with Gasteiger partial charge >= 0.3 is 0 Å². The van der Waals surface area contributed by atoms with Gasteiger partial charge in [0.05, 0.1) is 12.4 Å². The summed E-state index contributed by atoms with van der Waals surface area (Å²) in [5, 5.41) is 10.9. The summed E-state index contributed by atoms with van der Waals surface area (Å²) < 4.78 is 7.46. The first-order valence-electron chi connectivity index (χ1n) is 5.33. The summed E-state index contributed by atoms with van der Waals surface area (Å²) in [6.07, 6.45) is 4.53. The van der Waals surface area contributed by atoms with Gasteiger partial charge in [-0.2, -0.15) is 0 Å². The van der Waals surface area contributed by atoms with E-state index in [1.165, 1.54) is 0 Å². The van der Waals surface area contributed by atoms with Gasteiger partial charge in [-0.05, 0) is 18.2 Å². The summed E-state index contributed by atoms with van der Waals surface area (Å²) in [7, 11) is 0. The lowest BCUT2D eigenvalue weighted by Gasteiger charge is -2.31. The van der Waals surface area contributed by atoms with E-state index in [-0.39, 0.29) is 6.04 Å². The minimum absolute atomic E-state index is 0.163. The van der Waals surface area contributed by atoms with Crippen molar-refractivity contribution in [3.05, 3.63) is 47.5 Å². The van der Waals surface area contributed by atoms with Gasteiger partial charge in [-0.3, -0.25) is 0 Å². The molecule has 4 nitrogen and oxygen atoms in total. The summed E-state index contributed by atoms with van der Waals surface area (Å²) in [4.78, 5) is 3.98.